The van der Waals surface area contributed by atoms with E-state index in [0.29, 0.717) is 12.5 Å². The molecule has 0 aromatic heterocycles. The van der Waals surface area contributed by atoms with Gasteiger partial charge in [-0.1, -0.05) is 13.8 Å². The summed E-state index contributed by atoms with van der Waals surface area (Å²) in [7, 11) is 0. The van der Waals surface area contributed by atoms with E-state index in [9.17, 15) is 4.79 Å². The van der Waals surface area contributed by atoms with Gasteiger partial charge in [-0.25, -0.2) is 0 Å². The Hall–Kier alpha value is -0.610. The Morgan fingerprint density at radius 1 is 1.35 bits per heavy atom. The second-order valence-electron chi connectivity index (χ2n) is 5.21. The molecule has 1 aliphatic rings. The molecule has 0 aliphatic carbocycles. The highest BCUT2D eigenvalue weighted by Crippen LogP contribution is 2.02. The van der Waals surface area contributed by atoms with E-state index >= 15 is 0 Å². The van der Waals surface area contributed by atoms with Crippen LogP contribution in [0.3, 0.4) is 0 Å². The molecule has 4 nitrogen and oxygen atoms in total. The first-order valence-corrected chi connectivity index (χ1v) is 6.84. The summed E-state index contributed by atoms with van der Waals surface area (Å²) in [6.45, 7) is 12.8. The minimum absolute atomic E-state index is 0.281. The number of nitrogens with one attached hydrogen (secondary N) is 1. The normalized spacial score (nSPS) is 18.1. The SMILES string of the molecule is CCN(CC(C)C)C(=O)CN1CCCNCC1. The van der Waals surface area contributed by atoms with E-state index in [1.54, 1.807) is 0 Å². The largest absolute Gasteiger partial charge is 0.342 e. The van der Waals surface area contributed by atoms with Crippen molar-refractivity contribution in [3.63, 3.8) is 0 Å². The molecule has 1 fully saturated rings. The molecule has 0 spiro atoms. The molecule has 100 valence electrons. The van der Waals surface area contributed by atoms with Gasteiger partial charge in [-0.15, -0.1) is 0 Å². The van der Waals surface area contributed by atoms with Crippen molar-refractivity contribution in [1.29, 1.82) is 0 Å². The van der Waals surface area contributed by atoms with E-state index in [1.807, 2.05) is 4.90 Å². The standard InChI is InChI=1S/C13H27N3O/c1-4-16(10-12(2)3)13(17)11-15-8-5-6-14-7-9-15/h12,14H,4-11H2,1-3H3. The molecule has 1 aliphatic heterocycles. The van der Waals surface area contributed by atoms with Gasteiger partial charge in [-0.3, -0.25) is 9.69 Å². The van der Waals surface area contributed by atoms with Gasteiger partial charge in [0.2, 0.25) is 5.91 Å². The van der Waals surface area contributed by atoms with Crippen LogP contribution in [0.2, 0.25) is 0 Å². The van der Waals surface area contributed by atoms with E-state index < -0.39 is 0 Å². The predicted octanol–water partition coefficient (Wildman–Crippen LogP) is 0.786. The minimum Gasteiger partial charge on any atom is -0.342 e. The maximum atomic E-state index is 12.2. The number of hydrogen-bond acceptors (Lipinski definition) is 3. The van der Waals surface area contributed by atoms with Crippen LogP contribution in [0.4, 0.5) is 0 Å². The molecular formula is C13H27N3O. The first kappa shape index (κ1) is 14.5. The lowest BCUT2D eigenvalue weighted by molar-refractivity contribution is -0.132. The molecule has 0 bridgehead atoms. The summed E-state index contributed by atoms with van der Waals surface area (Å²) in [5.41, 5.74) is 0. The first-order chi connectivity index (χ1) is 8.13. The third kappa shape index (κ3) is 5.50. The molecule has 4 heteroatoms. The monoisotopic (exact) mass is 241 g/mol. The van der Waals surface area contributed by atoms with Gasteiger partial charge in [0.15, 0.2) is 0 Å². The lowest BCUT2D eigenvalue weighted by Crippen LogP contribution is -2.42. The fourth-order valence-electron chi connectivity index (χ4n) is 2.20. The number of amides is 1. The summed E-state index contributed by atoms with van der Waals surface area (Å²) < 4.78 is 0. The summed E-state index contributed by atoms with van der Waals surface area (Å²) in [5.74, 6) is 0.827. The molecule has 0 aromatic carbocycles. The number of rotatable bonds is 5. The number of hydrogen-bond donors (Lipinski definition) is 1. The van der Waals surface area contributed by atoms with Crippen molar-refractivity contribution in [3.8, 4) is 0 Å². The van der Waals surface area contributed by atoms with Crippen molar-refractivity contribution < 1.29 is 4.79 Å². The van der Waals surface area contributed by atoms with Crippen LogP contribution >= 0.6 is 0 Å². The van der Waals surface area contributed by atoms with Crippen molar-refractivity contribution in [2.24, 2.45) is 5.92 Å². The highest BCUT2D eigenvalue weighted by Gasteiger charge is 2.17. The first-order valence-electron chi connectivity index (χ1n) is 6.84. The highest BCUT2D eigenvalue weighted by atomic mass is 16.2. The Morgan fingerprint density at radius 2 is 2.12 bits per heavy atom. The lowest BCUT2D eigenvalue weighted by Gasteiger charge is -2.26. The molecular weight excluding hydrogens is 214 g/mol. The topological polar surface area (TPSA) is 35.6 Å². The average Bonchev–Trinajstić information content (AvgIpc) is 2.54. The number of carbonyl (C=O) groups is 1. The van der Waals surface area contributed by atoms with Gasteiger partial charge in [-0.05, 0) is 32.4 Å². The molecule has 1 saturated heterocycles. The predicted molar refractivity (Wildman–Crippen MR) is 71.0 cm³/mol. The van der Waals surface area contributed by atoms with Crippen molar-refractivity contribution in [3.05, 3.63) is 0 Å². The zero-order chi connectivity index (χ0) is 12.7. The minimum atomic E-state index is 0.281. The smallest absolute Gasteiger partial charge is 0.236 e. The molecule has 17 heavy (non-hydrogen) atoms. The number of carbonyl (C=O) groups excluding carboxylic acids is 1. The Labute approximate surface area is 105 Å². The average molecular weight is 241 g/mol. The van der Waals surface area contributed by atoms with Gasteiger partial charge in [0.1, 0.15) is 0 Å². The summed E-state index contributed by atoms with van der Waals surface area (Å²) in [4.78, 5) is 16.4. The molecule has 0 unspecified atom stereocenters. The quantitative estimate of drug-likeness (QED) is 0.773. The summed E-state index contributed by atoms with van der Waals surface area (Å²) in [5, 5.41) is 3.36. The van der Waals surface area contributed by atoms with E-state index in [4.69, 9.17) is 0 Å². The van der Waals surface area contributed by atoms with Crippen LogP contribution in [0, 0.1) is 5.92 Å². The van der Waals surface area contributed by atoms with E-state index in [0.717, 1.165) is 45.7 Å². The third-order valence-corrected chi connectivity index (χ3v) is 3.11. The molecule has 0 atom stereocenters. The molecule has 0 aromatic rings. The second kappa shape index (κ2) is 7.67. The van der Waals surface area contributed by atoms with Crippen LogP contribution in [0.25, 0.3) is 0 Å². The van der Waals surface area contributed by atoms with Crippen LogP contribution in [0.1, 0.15) is 27.2 Å². The molecule has 0 radical (unpaired) electrons. The van der Waals surface area contributed by atoms with Crippen molar-refractivity contribution in [2.45, 2.75) is 27.2 Å². The van der Waals surface area contributed by atoms with Gasteiger partial charge in [-0.2, -0.15) is 0 Å². The molecule has 1 rings (SSSR count). The summed E-state index contributed by atoms with van der Waals surface area (Å²) in [6, 6.07) is 0. The Balaban J connectivity index is 2.39. The maximum absolute atomic E-state index is 12.2. The fourth-order valence-corrected chi connectivity index (χ4v) is 2.20. The summed E-state index contributed by atoms with van der Waals surface area (Å²) in [6.07, 6.45) is 1.14. The van der Waals surface area contributed by atoms with Crippen molar-refractivity contribution in [1.82, 2.24) is 15.1 Å². The van der Waals surface area contributed by atoms with Crippen LogP contribution in [-0.2, 0) is 4.79 Å². The number of nitrogens with zero attached hydrogens (tertiary/aromatic N) is 2. The van der Waals surface area contributed by atoms with Crippen molar-refractivity contribution in [2.75, 3.05) is 45.8 Å². The fraction of sp³-hybridized carbons (Fsp3) is 0.923. The van der Waals surface area contributed by atoms with Gasteiger partial charge in [0.05, 0.1) is 6.54 Å². The zero-order valence-corrected chi connectivity index (χ0v) is 11.5. The summed E-state index contributed by atoms with van der Waals surface area (Å²) >= 11 is 0. The molecule has 1 N–H and O–H groups in total. The molecule has 1 amide bonds. The Kier molecular flexibility index (Phi) is 6.52. The molecule has 0 saturated carbocycles. The third-order valence-electron chi connectivity index (χ3n) is 3.11. The second-order valence-corrected chi connectivity index (χ2v) is 5.21. The Morgan fingerprint density at radius 3 is 2.76 bits per heavy atom. The van der Waals surface area contributed by atoms with Crippen LogP contribution in [0.5, 0.6) is 0 Å². The zero-order valence-electron chi connectivity index (χ0n) is 11.5. The van der Waals surface area contributed by atoms with E-state index in [-0.39, 0.29) is 5.91 Å². The Bertz CT molecular complexity index is 223. The van der Waals surface area contributed by atoms with Crippen molar-refractivity contribution >= 4 is 5.91 Å². The maximum Gasteiger partial charge on any atom is 0.236 e. The van der Waals surface area contributed by atoms with E-state index in [2.05, 4.69) is 31.0 Å². The lowest BCUT2D eigenvalue weighted by atomic mass is 10.2. The highest BCUT2D eigenvalue weighted by molar-refractivity contribution is 5.78. The van der Waals surface area contributed by atoms with Gasteiger partial charge in [0, 0.05) is 26.2 Å². The van der Waals surface area contributed by atoms with Gasteiger partial charge in [0.25, 0.3) is 0 Å². The van der Waals surface area contributed by atoms with Crippen LogP contribution in [0.15, 0.2) is 0 Å². The molecule has 1 heterocycles. The van der Waals surface area contributed by atoms with Gasteiger partial charge < -0.3 is 10.2 Å². The number of likely N-dealkylation sites (N-methyl/N-ethyl adjacent to an activating group) is 1. The van der Waals surface area contributed by atoms with Crippen LogP contribution in [-0.4, -0.2) is 61.5 Å². The van der Waals surface area contributed by atoms with Crippen LogP contribution < -0.4 is 5.32 Å². The van der Waals surface area contributed by atoms with Gasteiger partial charge >= 0.3 is 0 Å². The van der Waals surface area contributed by atoms with E-state index in [1.165, 1.54) is 0 Å².